The summed E-state index contributed by atoms with van der Waals surface area (Å²) in [6.07, 6.45) is 0. The molecule has 0 radical (unpaired) electrons. The van der Waals surface area contributed by atoms with Crippen LogP contribution in [-0.4, -0.2) is 25.4 Å². The van der Waals surface area contributed by atoms with E-state index in [9.17, 15) is 4.79 Å². The van der Waals surface area contributed by atoms with Crippen LogP contribution in [0.15, 0.2) is 23.1 Å². The fourth-order valence-electron chi connectivity index (χ4n) is 1.09. The summed E-state index contributed by atoms with van der Waals surface area (Å²) in [7, 11) is 1.37. The predicted octanol–water partition coefficient (Wildman–Crippen LogP) is 1.93. The lowest BCUT2D eigenvalue weighted by Crippen LogP contribution is -2.03. The minimum Gasteiger partial charge on any atom is -0.492 e. The molecule has 0 fully saturated rings. The number of ether oxygens (including phenoxy) is 2. The molecule has 0 amide bonds. The van der Waals surface area contributed by atoms with Gasteiger partial charge in [0.2, 0.25) is 0 Å². The third kappa shape index (κ3) is 3.66. The van der Waals surface area contributed by atoms with Crippen molar-refractivity contribution >= 4 is 23.4 Å². The zero-order chi connectivity index (χ0) is 12.0. The van der Waals surface area contributed by atoms with Crippen LogP contribution >= 0.6 is 11.8 Å². The first-order chi connectivity index (χ1) is 7.67. The number of anilines is 1. The van der Waals surface area contributed by atoms with E-state index in [0.29, 0.717) is 18.0 Å². The first kappa shape index (κ1) is 12.7. The van der Waals surface area contributed by atoms with Gasteiger partial charge in [0.1, 0.15) is 5.75 Å². The zero-order valence-corrected chi connectivity index (χ0v) is 10.2. The van der Waals surface area contributed by atoms with Crippen LogP contribution in [0.1, 0.15) is 6.92 Å². The Morgan fingerprint density at radius 1 is 1.50 bits per heavy atom. The van der Waals surface area contributed by atoms with Crippen molar-refractivity contribution in [2.75, 3.05) is 25.2 Å². The van der Waals surface area contributed by atoms with Crippen LogP contribution in [0.5, 0.6) is 5.75 Å². The van der Waals surface area contributed by atoms with Crippen molar-refractivity contribution in [2.45, 2.75) is 11.8 Å². The number of methoxy groups -OCH3 is 1. The second-order valence-corrected chi connectivity index (χ2v) is 4.05. The SMILES string of the molecule is CCOc1cc(SCC(=O)OC)ccc1N. The average Bonchev–Trinajstić information content (AvgIpc) is 2.30. The van der Waals surface area contributed by atoms with Gasteiger partial charge < -0.3 is 15.2 Å². The molecule has 4 nitrogen and oxygen atoms in total. The van der Waals surface area contributed by atoms with Crippen LogP contribution in [-0.2, 0) is 9.53 Å². The molecule has 2 N–H and O–H groups in total. The van der Waals surface area contributed by atoms with E-state index >= 15 is 0 Å². The molecule has 5 heteroatoms. The lowest BCUT2D eigenvalue weighted by atomic mass is 10.3. The van der Waals surface area contributed by atoms with Crippen molar-refractivity contribution in [2.24, 2.45) is 0 Å². The summed E-state index contributed by atoms with van der Waals surface area (Å²) < 4.78 is 9.91. The number of carbonyl (C=O) groups excluding carboxylic acids is 1. The molecule has 0 aliphatic carbocycles. The van der Waals surface area contributed by atoms with Crippen molar-refractivity contribution in [1.82, 2.24) is 0 Å². The number of esters is 1. The van der Waals surface area contributed by atoms with E-state index in [1.165, 1.54) is 18.9 Å². The lowest BCUT2D eigenvalue weighted by Gasteiger charge is -2.08. The largest absolute Gasteiger partial charge is 0.492 e. The molecule has 0 heterocycles. The van der Waals surface area contributed by atoms with Gasteiger partial charge in [-0.05, 0) is 25.1 Å². The Labute approximate surface area is 99.1 Å². The highest BCUT2D eigenvalue weighted by atomic mass is 32.2. The Morgan fingerprint density at radius 3 is 2.88 bits per heavy atom. The molecule has 0 saturated carbocycles. The Hall–Kier alpha value is -1.36. The summed E-state index contributed by atoms with van der Waals surface area (Å²) in [6.45, 7) is 2.46. The van der Waals surface area contributed by atoms with Crippen molar-refractivity contribution in [3.05, 3.63) is 18.2 Å². The van der Waals surface area contributed by atoms with Crippen molar-refractivity contribution in [3.8, 4) is 5.75 Å². The Morgan fingerprint density at radius 2 is 2.25 bits per heavy atom. The molecular weight excluding hydrogens is 226 g/mol. The van der Waals surface area contributed by atoms with Crippen LogP contribution in [0, 0.1) is 0 Å². The molecule has 1 rings (SSSR count). The van der Waals surface area contributed by atoms with Gasteiger partial charge in [-0.15, -0.1) is 11.8 Å². The van der Waals surface area contributed by atoms with E-state index in [-0.39, 0.29) is 11.7 Å². The molecule has 0 unspecified atom stereocenters. The highest BCUT2D eigenvalue weighted by Crippen LogP contribution is 2.28. The maximum Gasteiger partial charge on any atom is 0.315 e. The number of rotatable bonds is 5. The molecule has 1 aromatic rings. The molecule has 16 heavy (non-hydrogen) atoms. The third-order valence-corrected chi connectivity index (χ3v) is 2.84. The lowest BCUT2D eigenvalue weighted by molar-refractivity contribution is -0.137. The van der Waals surface area contributed by atoms with E-state index in [4.69, 9.17) is 10.5 Å². The number of nitrogens with two attached hydrogens (primary N) is 1. The van der Waals surface area contributed by atoms with Gasteiger partial charge in [0, 0.05) is 4.90 Å². The monoisotopic (exact) mass is 241 g/mol. The second-order valence-electron chi connectivity index (χ2n) is 3.00. The van der Waals surface area contributed by atoms with Crippen molar-refractivity contribution < 1.29 is 14.3 Å². The van der Waals surface area contributed by atoms with Gasteiger partial charge in [0.05, 0.1) is 25.2 Å². The topological polar surface area (TPSA) is 61.5 Å². The van der Waals surface area contributed by atoms with Gasteiger partial charge in [-0.25, -0.2) is 0 Å². The van der Waals surface area contributed by atoms with Crippen molar-refractivity contribution in [1.29, 1.82) is 0 Å². The second kappa shape index (κ2) is 6.27. The van der Waals surface area contributed by atoms with Crippen LogP contribution < -0.4 is 10.5 Å². The third-order valence-electron chi connectivity index (χ3n) is 1.87. The summed E-state index contributed by atoms with van der Waals surface area (Å²) >= 11 is 1.39. The summed E-state index contributed by atoms with van der Waals surface area (Å²) in [4.78, 5) is 11.9. The quantitative estimate of drug-likeness (QED) is 0.485. The van der Waals surface area contributed by atoms with Gasteiger partial charge in [0.25, 0.3) is 0 Å². The molecule has 0 aromatic heterocycles. The molecule has 0 spiro atoms. The summed E-state index contributed by atoms with van der Waals surface area (Å²) in [5.74, 6) is 0.684. The Balaban J connectivity index is 2.67. The van der Waals surface area contributed by atoms with E-state index in [1.807, 2.05) is 19.1 Å². The molecule has 0 bridgehead atoms. The van der Waals surface area contributed by atoms with Crippen LogP contribution in [0.4, 0.5) is 5.69 Å². The van der Waals surface area contributed by atoms with E-state index in [1.54, 1.807) is 6.07 Å². The normalized spacial score (nSPS) is 9.88. The zero-order valence-electron chi connectivity index (χ0n) is 9.36. The summed E-state index contributed by atoms with van der Waals surface area (Å²) in [5, 5.41) is 0. The molecule has 0 atom stereocenters. The Bertz CT molecular complexity index is 368. The van der Waals surface area contributed by atoms with Gasteiger partial charge in [-0.3, -0.25) is 4.79 Å². The molecule has 0 aliphatic rings. The predicted molar refractivity (Wildman–Crippen MR) is 64.8 cm³/mol. The maximum atomic E-state index is 11.0. The number of hydrogen-bond acceptors (Lipinski definition) is 5. The summed E-state index contributed by atoms with van der Waals surface area (Å²) in [5.41, 5.74) is 6.33. The molecule has 0 aliphatic heterocycles. The molecule has 1 aromatic carbocycles. The minimum absolute atomic E-state index is 0.250. The van der Waals surface area contributed by atoms with E-state index in [0.717, 1.165) is 4.90 Å². The first-order valence-electron chi connectivity index (χ1n) is 4.89. The number of carbonyl (C=O) groups is 1. The summed E-state index contributed by atoms with van der Waals surface area (Å²) in [6, 6.07) is 5.45. The van der Waals surface area contributed by atoms with Gasteiger partial charge in [-0.1, -0.05) is 0 Å². The number of hydrogen-bond donors (Lipinski definition) is 1. The maximum absolute atomic E-state index is 11.0. The molecule has 88 valence electrons. The molecular formula is C11H15NO3S. The smallest absolute Gasteiger partial charge is 0.315 e. The molecule has 0 saturated heterocycles. The first-order valence-corrected chi connectivity index (χ1v) is 5.88. The van der Waals surface area contributed by atoms with Gasteiger partial charge >= 0.3 is 5.97 Å². The fourth-order valence-corrected chi connectivity index (χ4v) is 1.84. The number of benzene rings is 1. The fraction of sp³-hybridized carbons (Fsp3) is 0.364. The van der Waals surface area contributed by atoms with Crippen LogP contribution in [0.3, 0.4) is 0 Å². The highest BCUT2D eigenvalue weighted by molar-refractivity contribution is 8.00. The highest BCUT2D eigenvalue weighted by Gasteiger charge is 2.05. The van der Waals surface area contributed by atoms with Crippen molar-refractivity contribution in [3.63, 3.8) is 0 Å². The van der Waals surface area contributed by atoms with Crippen LogP contribution in [0.25, 0.3) is 0 Å². The Kier molecular flexibility index (Phi) is 4.98. The minimum atomic E-state index is -0.250. The van der Waals surface area contributed by atoms with E-state index in [2.05, 4.69) is 4.74 Å². The van der Waals surface area contributed by atoms with E-state index < -0.39 is 0 Å². The average molecular weight is 241 g/mol. The number of thioether (sulfide) groups is 1. The van der Waals surface area contributed by atoms with Gasteiger partial charge in [0.15, 0.2) is 0 Å². The standard InChI is InChI=1S/C11H15NO3S/c1-3-15-10-6-8(4-5-9(10)12)16-7-11(13)14-2/h4-6H,3,7,12H2,1-2H3. The van der Waals surface area contributed by atoms with Gasteiger partial charge in [-0.2, -0.15) is 0 Å². The number of nitrogen functional groups attached to an aromatic ring is 1. The van der Waals surface area contributed by atoms with Crippen LogP contribution in [0.2, 0.25) is 0 Å².